The number of carbonyl (C=O) groups excluding carboxylic acids is 2. The average Bonchev–Trinajstić information content (AvgIpc) is 3.34. The van der Waals surface area contributed by atoms with E-state index in [1.54, 1.807) is 42.5 Å². The minimum Gasteiger partial charge on any atom is -0.369 e. The highest BCUT2D eigenvalue weighted by molar-refractivity contribution is 7.92. The van der Waals surface area contributed by atoms with Gasteiger partial charge in [0.1, 0.15) is 5.78 Å². The summed E-state index contributed by atoms with van der Waals surface area (Å²) in [6.07, 6.45) is 2.80. The molecule has 4 bridgehead atoms. The lowest BCUT2D eigenvalue weighted by atomic mass is 9.70. The number of anilines is 2. The number of pyridine rings is 1. The summed E-state index contributed by atoms with van der Waals surface area (Å²) >= 11 is 6.11. The molecule has 2 N–H and O–H groups in total. The number of benzene rings is 2. The number of fused-ring (bicyclic) bond motifs is 6. The molecule has 3 fully saturated rings. The molecule has 1 saturated heterocycles. The first-order chi connectivity index (χ1) is 21.8. The van der Waals surface area contributed by atoms with Gasteiger partial charge in [0, 0.05) is 60.9 Å². The molecule has 2 aliphatic heterocycles. The zero-order valence-corrected chi connectivity index (χ0v) is 27.7. The third-order valence-electron chi connectivity index (χ3n) is 11.3. The van der Waals surface area contributed by atoms with Crippen LogP contribution in [-0.4, -0.2) is 43.5 Å². The third kappa shape index (κ3) is 5.33. The van der Waals surface area contributed by atoms with Crippen molar-refractivity contribution in [1.29, 1.82) is 0 Å². The second-order valence-electron chi connectivity index (χ2n) is 14.2. The highest BCUT2D eigenvalue weighted by Gasteiger charge is 2.65. The summed E-state index contributed by atoms with van der Waals surface area (Å²) < 4.78 is 32.7. The minimum absolute atomic E-state index is 0.000138. The SMILES string of the molecule is CC1(C)C2CCC1(CS(=O)(=O)Nc1cc(C(=O)NCc3cccc(Cl)c3)ccc1N1CC3CC(C1)c1cccc(=O)n1C3)C(=O)C2. The zero-order valence-electron chi connectivity index (χ0n) is 26.1. The third-order valence-corrected chi connectivity index (χ3v) is 12.9. The van der Waals surface area contributed by atoms with Crippen LogP contribution < -0.4 is 20.5 Å². The number of amides is 1. The van der Waals surface area contributed by atoms with E-state index in [9.17, 15) is 22.8 Å². The average molecular weight is 663 g/mol. The van der Waals surface area contributed by atoms with Gasteiger partial charge in [-0.2, -0.15) is 0 Å². The summed E-state index contributed by atoms with van der Waals surface area (Å²) in [6, 6.07) is 17.7. The molecule has 4 aliphatic rings. The van der Waals surface area contributed by atoms with Crippen LogP contribution >= 0.6 is 11.6 Å². The Balaban J connectivity index is 1.20. The second-order valence-corrected chi connectivity index (χ2v) is 16.3. The Kier molecular flexibility index (Phi) is 7.59. The van der Waals surface area contributed by atoms with Crippen LogP contribution in [0.4, 0.5) is 11.4 Å². The first-order valence-electron chi connectivity index (χ1n) is 16.0. The number of carbonyl (C=O) groups is 2. The van der Waals surface area contributed by atoms with E-state index < -0.39 is 20.9 Å². The second kappa shape index (κ2) is 11.3. The van der Waals surface area contributed by atoms with Gasteiger partial charge in [-0.3, -0.25) is 19.1 Å². The number of ketones is 1. The lowest BCUT2D eigenvalue weighted by Crippen LogP contribution is -2.47. The Bertz CT molecular complexity index is 1910. The molecule has 3 heterocycles. The maximum absolute atomic E-state index is 14.0. The van der Waals surface area contributed by atoms with Gasteiger partial charge in [-0.1, -0.05) is 43.6 Å². The highest BCUT2D eigenvalue weighted by atomic mass is 35.5. The van der Waals surface area contributed by atoms with Crippen molar-refractivity contribution in [2.24, 2.45) is 22.7 Å². The van der Waals surface area contributed by atoms with Gasteiger partial charge in [0.25, 0.3) is 11.5 Å². The van der Waals surface area contributed by atoms with Crippen molar-refractivity contribution in [3.63, 3.8) is 0 Å². The van der Waals surface area contributed by atoms with Crippen LogP contribution in [0.3, 0.4) is 0 Å². The van der Waals surface area contributed by atoms with Crippen molar-refractivity contribution in [3.05, 3.63) is 92.9 Å². The van der Waals surface area contributed by atoms with Crippen molar-refractivity contribution >= 4 is 44.7 Å². The number of nitrogens with one attached hydrogen (secondary N) is 2. The standard InChI is InChI=1S/C35H39ClN4O5S/c1-34(2)26-11-12-35(34,31(41)16-26)21-46(44,45)38-28-15-24(33(43)37-17-22-5-3-6-27(36)14-22)9-10-30(28)39-18-23-13-25(20-39)29-7-4-8-32(42)40(29)19-23/h3-10,14-15,23,25-26,38H,11-13,16-21H2,1-2H3,(H,37,43). The van der Waals surface area contributed by atoms with Gasteiger partial charge in [0.05, 0.1) is 22.5 Å². The fourth-order valence-electron chi connectivity index (χ4n) is 8.70. The monoisotopic (exact) mass is 662 g/mol. The van der Waals surface area contributed by atoms with Crippen molar-refractivity contribution in [2.45, 2.75) is 58.5 Å². The molecule has 1 amide bonds. The molecule has 3 aromatic rings. The van der Waals surface area contributed by atoms with Gasteiger partial charge < -0.3 is 14.8 Å². The van der Waals surface area contributed by atoms with Crippen LogP contribution in [0.5, 0.6) is 0 Å². The van der Waals surface area contributed by atoms with Crippen LogP contribution in [0.1, 0.15) is 67.1 Å². The number of sulfonamides is 1. The van der Waals surface area contributed by atoms with Crippen molar-refractivity contribution in [3.8, 4) is 0 Å². The molecule has 2 aromatic carbocycles. The molecule has 0 spiro atoms. The summed E-state index contributed by atoms with van der Waals surface area (Å²) in [7, 11) is -3.99. The maximum Gasteiger partial charge on any atom is 0.251 e. The lowest BCUT2D eigenvalue weighted by Gasteiger charge is -2.44. The topological polar surface area (TPSA) is 118 Å². The summed E-state index contributed by atoms with van der Waals surface area (Å²) in [6.45, 7) is 6.16. The summed E-state index contributed by atoms with van der Waals surface area (Å²) in [5, 5.41) is 3.48. The fourth-order valence-corrected chi connectivity index (χ4v) is 10.8. The van der Waals surface area contributed by atoms with Gasteiger partial charge in [0.2, 0.25) is 10.0 Å². The lowest BCUT2D eigenvalue weighted by molar-refractivity contribution is -0.128. The van der Waals surface area contributed by atoms with Gasteiger partial charge in [-0.15, -0.1) is 0 Å². The quantitative estimate of drug-likeness (QED) is 0.343. The molecule has 2 saturated carbocycles. The van der Waals surface area contributed by atoms with E-state index in [0.717, 1.165) is 24.1 Å². The molecule has 2 aliphatic carbocycles. The maximum atomic E-state index is 14.0. The molecule has 4 atom stereocenters. The molecule has 242 valence electrons. The summed E-state index contributed by atoms with van der Waals surface area (Å²) in [4.78, 5) is 41.3. The first-order valence-corrected chi connectivity index (χ1v) is 18.0. The minimum atomic E-state index is -3.99. The van der Waals surface area contributed by atoms with Gasteiger partial charge >= 0.3 is 0 Å². The Morgan fingerprint density at radius 3 is 2.57 bits per heavy atom. The van der Waals surface area contributed by atoms with E-state index in [2.05, 4.69) is 14.9 Å². The number of halogens is 1. The smallest absolute Gasteiger partial charge is 0.251 e. The number of rotatable bonds is 8. The molecule has 7 rings (SSSR count). The van der Waals surface area contributed by atoms with Gasteiger partial charge in [-0.25, -0.2) is 8.42 Å². The zero-order chi connectivity index (χ0) is 32.4. The Morgan fingerprint density at radius 2 is 1.83 bits per heavy atom. The van der Waals surface area contributed by atoms with Crippen LogP contribution in [0.15, 0.2) is 65.5 Å². The number of Topliss-reactive ketones (excluding diaryl/α,β-unsaturated/α-hetero) is 1. The first kappa shape index (κ1) is 31.0. The molecule has 0 radical (unpaired) electrons. The number of hydrogen-bond acceptors (Lipinski definition) is 6. The largest absolute Gasteiger partial charge is 0.369 e. The van der Waals surface area contributed by atoms with E-state index >= 15 is 0 Å². The number of nitrogens with zero attached hydrogens (tertiary/aromatic N) is 2. The molecule has 4 unspecified atom stereocenters. The molecule has 11 heteroatoms. The van der Waals surface area contributed by atoms with Crippen LogP contribution in [-0.2, 0) is 27.9 Å². The summed E-state index contributed by atoms with van der Waals surface area (Å²) in [5.74, 6) is -0.0821. The molecular formula is C35H39ClN4O5S. The number of piperidine rings is 1. The molecule has 1 aromatic heterocycles. The van der Waals surface area contributed by atoms with E-state index in [4.69, 9.17) is 11.6 Å². The number of aromatic nitrogens is 1. The van der Waals surface area contributed by atoms with Crippen molar-refractivity contribution in [2.75, 3.05) is 28.5 Å². The Labute approximate surface area is 274 Å². The number of hydrogen-bond donors (Lipinski definition) is 2. The summed E-state index contributed by atoms with van der Waals surface area (Å²) in [5.41, 5.74) is 1.81. The highest BCUT2D eigenvalue weighted by Crippen LogP contribution is 2.64. The van der Waals surface area contributed by atoms with Crippen LogP contribution in [0, 0.1) is 22.7 Å². The van der Waals surface area contributed by atoms with E-state index in [1.165, 1.54) is 0 Å². The van der Waals surface area contributed by atoms with Crippen LogP contribution in [0.2, 0.25) is 5.02 Å². The normalized spacial score (nSPS) is 26.1. The van der Waals surface area contributed by atoms with E-state index in [0.29, 0.717) is 54.4 Å². The Morgan fingerprint density at radius 1 is 1.02 bits per heavy atom. The predicted octanol–water partition coefficient (Wildman–Crippen LogP) is 5.19. The van der Waals surface area contributed by atoms with Gasteiger partial charge in [-0.05, 0) is 78.5 Å². The van der Waals surface area contributed by atoms with E-state index in [-0.39, 0.29) is 47.3 Å². The van der Waals surface area contributed by atoms with Crippen LogP contribution in [0.25, 0.3) is 0 Å². The molecule has 46 heavy (non-hydrogen) atoms. The fraction of sp³-hybridized carbons (Fsp3) is 0.457. The van der Waals surface area contributed by atoms with E-state index in [1.807, 2.05) is 36.6 Å². The van der Waals surface area contributed by atoms with Gasteiger partial charge in [0.15, 0.2) is 0 Å². The Hall–Kier alpha value is -3.63. The predicted molar refractivity (Wildman–Crippen MR) is 179 cm³/mol. The molecular weight excluding hydrogens is 624 g/mol. The van der Waals surface area contributed by atoms with Crippen molar-refractivity contribution in [1.82, 2.24) is 9.88 Å². The molecule has 9 nitrogen and oxygen atoms in total. The van der Waals surface area contributed by atoms with Crippen molar-refractivity contribution < 1.29 is 18.0 Å².